The van der Waals surface area contributed by atoms with Crippen LogP contribution < -0.4 is 10.6 Å². The number of likely N-dealkylation sites (N-methyl/N-ethyl adjacent to an activating group) is 1. The first-order valence-electron chi connectivity index (χ1n) is 10.6. The number of thioether (sulfide) groups is 1. The Bertz CT molecular complexity index is 1250. The molecule has 0 heterocycles. The maximum absolute atomic E-state index is 12.9. The van der Waals surface area contributed by atoms with Gasteiger partial charge in [-0.3, -0.25) is 9.59 Å². The van der Waals surface area contributed by atoms with Gasteiger partial charge in [-0.1, -0.05) is 42.5 Å². The van der Waals surface area contributed by atoms with Gasteiger partial charge in [0.25, 0.3) is 5.91 Å². The first-order valence-corrected chi connectivity index (χ1v) is 13.2. The predicted molar refractivity (Wildman–Crippen MR) is 135 cm³/mol. The highest BCUT2D eigenvalue weighted by Crippen LogP contribution is 2.21. The molecule has 0 saturated carbocycles. The van der Waals surface area contributed by atoms with Gasteiger partial charge in [0.1, 0.15) is 0 Å². The smallest absolute Gasteiger partial charge is 0.253 e. The van der Waals surface area contributed by atoms with Crippen LogP contribution in [-0.2, 0) is 14.8 Å². The highest BCUT2D eigenvalue weighted by molar-refractivity contribution is 7.98. The fourth-order valence-electron chi connectivity index (χ4n) is 3.29. The number of amides is 2. The predicted octanol–water partition coefficient (Wildman–Crippen LogP) is 4.16. The molecule has 0 bridgehead atoms. The number of para-hydroxylation sites is 1. The molecule has 0 aromatic heterocycles. The minimum Gasteiger partial charge on any atom is -0.345 e. The number of carbonyl (C=O) groups excluding carboxylic acids is 2. The van der Waals surface area contributed by atoms with E-state index in [4.69, 9.17) is 0 Å². The molecule has 0 unspecified atom stereocenters. The van der Waals surface area contributed by atoms with E-state index in [-0.39, 0.29) is 22.4 Å². The molecule has 0 radical (unpaired) electrons. The van der Waals surface area contributed by atoms with Crippen LogP contribution in [0.25, 0.3) is 0 Å². The summed E-state index contributed by atoms with van der Waals surface area (Å²) in [6, 6.07) is 22.4. The maximum atomic E-state index is 12.9. The minimum absolute atomic E-state index is 0.107. The molecule has 3 aromatic carbocycles. The number of hydrogen-bond acceptors (Lipinski definition) is 5. The fraction of sp³-hybridized carbons (Fsp3) is 0.200. The number of benzene rings is 3. The van der Waals surface area contributed by atoms with Crippen molar-refractivity contribution in [1.29, 1.82) is 0 Å². The lowest BCUT2D eigenvalue weighted by atomic mass is 10.1. The van der Waals surface area contributed by atoms with Gasteiger partial charge in [0.05, 0.1) is 28.7 Å². The van der Waals surface area contributed by atoms with Gasteiger partial charge >= 0.3 is 0 Å². The molecule has 34 heavy (non-hydrogen) atoms. The lowest BCUT2D eigenvalue weighted by Crippen LogP contribution is -2.35. The molecule has 0 aliphatic heterocycles. The number of rotatable bonds is 9. The number of carbonyl (C=O) groups is 2. The maximum Gasteiger partial charge on any atom is 0.253 e. The molecule has 0 aliphatic carbocycles. The summed E-state index contributed by atoms with van der Waals surface area (Å²) < 4.78 is 26.6. The Kier molecular flexibility index (Phi) is 8.49. The van der Waals surface area contributed by atoms with E-state index in [0.717, 1.165) is 14.8 Å². The fourth-order valence-corrected chi connectivity index (χ4v) is 4.83. The van der Waals surface area contributed by atoms with Crippen molar-refractivity contribution in [2.75, 3.05) is 25.2 Å². The van der Waals surface area contributed by atoms with E-state index in [2.05, 4.69) is 10.6 Å². The molecule has 1 atom stereocenters. The third-order valence-electron chi connectivity index (χ3n) is 5.23. The van der Waals surface area contributed by atoms with Crippen molar-refractivity contribution in [2.24, 2.45) is 0 Å². The van der Waals surface area contributed by atoms with Crippen LogP contribution in [0.1, 0.15) is 28.9 Å². The number of nitrogens with zero attached hydrogens (tertiary/aromatic N) is 1. The van der Waals surface area contributed by atoms with Crippen molar-refractivity contribution in [1.82, 2.24) is 9.62 Å². The van der Waals surface area contributed by atoms with Crippen molar-refractivity contribution in [2.45, 2.75) is 22.8 Å². The number of sulfonamides is 1. The first-order chi connectivity index (χ1) is 16.2. The summed E-state index contributed by atoms with van der Waals surface area (Å²) in [4.78, 5) is 26.6. The summed E-state index contributed by atoms with van der Waals surface area (Å²) in [6.45, 7) is 1.48. The van der Waals surface area contributed by atoms with Gasteiger partial charge in [0.15, 0.2) is 0 Å². The van der Waals surface area contributed by atoms with Crippen LogP contribution in [0, 0.1) is 0 Å². The quantitative estimate of drug-likeness (QED) is 0.433. The molecule has 178 valence electrons. The lowest BCUT2D eigenvalue weighted by Gasteiger charge is -2.19. The van der Waals surface area contributed by atoms with Gasteiger partial charge in [0, 0.05) is 11.9 Å². The molecule has 3 rings (SSSR count). The molecule has 7 nitrogen and oxygen atoms in total. The van der Waals surface area contributed by atoms with Gasteiger partial charge in [-0.15, -0.1) is 11.8 Å². The SMILES string of the molecule is CSc1ccc(S(=O)(=O)N(C)CC(=O)Nc2ccccc2C(=O)N[C@@H](C)c2ccccc2)cc1. The van der Waals surface area contributed by atoms with Crippen molar-refractivity contribution in [3.63, 3.8) is 0 Å². The molecular formula is C25H27N3O4S2. The van der Waals surface area contributed by atoms with Gasteiger partial charge in [-0.2, -0.15) is 4.31 Å². The van der Waals surface area contributed by atoms with E-state index in [1.807, 2.05) is 43.5 Å². The molecule has 2 N–H and O–H groups in total. The zero-order chi connectivity index (χ0) is 24.7. The molecule has 3 aromatic rings. The molecular weight excluding hydrogens is 470 g/mol. The van der Waals surface area contributed by atoms with Crippen molar-refractivity contribution >= 4 is 39.3 Å². The molecule has 0 aliphatic rings. The molecule has 0 fully saturated rings. The summed E-state index contributed by atoms with van der Waals surface area (Å²) in [7, 11) is -2.50. The van der Waals surface area contributed by atoms with Crippen LogP contribution in [0.2, 0.25) is 0 Å². The average Bonchev–Trinajstić information content (AvgIpc) is 2.84. The van der Waals surface area contributed by atoms with E-state index in [1.165, 1.54) is 30.9 Å². The van der Waals surface area contributed by atoms with Gasteiger partial charge in [-0.05, 0) is 55.1 Å². The second kappa shape index (κ2) is 11.3. The van der Waals surface area contributed by atoms with E-state index >= 15 is 0 Å². The monoisotopic (exact) mass is 497 g/mol. The third kappa shape index (κ3) is 6.25. The standard InChI is InChI=1S/C25H27N3O4S2/c1-18(19-9-5-4-6-10-19)26-25(30)22-11-7-8-12-23(22)27-24(29)17-28(2)34(31,32)21-15-13-20(33-3)14-16-21/h4-16,18H,17H2,1-3H3,(H,26,30)(H,27,29)/t18-/m0/s1. The number of anilines is 1. The van der Waals surface area contributed by atoms with Gasteiger partial charge < -0.3 is 10.6 Å². The zero-order valence-electron chi connectivity index (χ0n) is 19.2. The Morgan fingerprint density at radius 2 is 1.56 bits per heavy atom. The van der Waals surface area contributed by atoms with Crippen LogP contribution in [0.5, 0.6) is 0 Å². The summed E-state index contributed by atoms with van der Waals surface area (Å²) in [5, 5.41) is 5.59. The largest absolute Gasteiger partial charge is 0.345 e. The Morgan fingerprint density at radius 3 is 2.21 bits per heavy atom. The normalized spacial score (nSPS) is 12.2. The number of nitrogens with one attached hydrogen (secondary N) is 2. The molecule has 2 amide bonds. The molecule has 0 saturated heterocycles. The zero-order valence-corrected chi connectivity index (χ0v) is 20.8. The second-order valence-corrected chi connectivity index (χ2v) is 10.6. The van der Waals surface area contributed by atoms with Crippen molar-refractivity contribution in [3.05, 3.63) is 90.0 Å². The van der Waals surface area contributed by atoms with E-state index in [9.17, 15) is 18.0 Å². The van der Waals surface area contributed by atoms with Crippen molar-refractivity contribution < 1.29 is 18.0 Å². The second-order valence-electron chi connectivity index (χ2n) is 7.64. The highest BCUT2D eigenvalue weighted by Gasteiger charge is 2.24. The van der Waals surface area contributed by atoms with E-state index in [1.54, 1.807) is 36.4 Å². The van der Waals surface area contributed by atoms with Crippen LogP contribution >= 0.6 is 11.8 Å². The van der Waals surface area contributed by atoms with Crippen LogP contribution in [0.3, 0.4) is 0 Å². The van der Waals surface area contributed by atoms with Gasteiger partial charge in [0.2, 0.25) is 15.9 Å². The summed E-state index contributed by atoms with van der Waals surface area (Å²) in [6.07, 6.45) is 1.90. The van der Waals surface area contributed by atoms with Gasteiger partial charge in [-0.25, -0.2) is 8.42 Å². The lowest BCUT2D eigenvalue weighted by molar-refractivity contribution is -0.116. The first kappa shape index (κ1) is 25.5. The summed E-state index contributed by atoms with van der Waals surface area (Å²) in [5.74, 6) is -0.898. The third-order valence-corrected chi connectivity index (χ3v) is 7.79. The Hall–Kier alpha value is -3.14. The van der Waals surface area contributed by atoms with Crippen LogP contribution in [0.15, 0.2) is 88.7 Å². The molecule has 0 spiro atoms. The Morgan fingerprint density at radius 1 is 0.941 bits per heavy atom. The van der Waals surface area contributed by atoms with Crippen molar-refractivity contribution in [3.8, 4) is 0 Å². The summed E-state index contributed by atoms with van der Waals surface area (Å²) in [5.41, 5.74) is 1.55. The van der Waals surface area contributed by atoms with E-state index in [0.29, 0.717) is 5.69 Å². The van der Waals surface area contributed by atoms with E-state index < -0.39 is 22.5 Å². The minimum atomic E-state index is -3.84. The molecule has 9 heteroatoms. The van der Waals surface area contributed by atoms with Crippen LogP contribution in [0.4, 0.5) is 5.69 Å². The number of hydrogen-bond donors (Lipinski definition) is 2. The highest BCUT2D eigenvalue weighted by atomic mass is 32.2. The van der Waals surface area contributed by atoms with Crippen LogP contribution in [-0.4, -0.2) is 44.4 Å². The Balaban J connectivity index is 1.68. The topological polar surface area (TPSA) is 95.6 Å². The Labute approximate surface area is 204 Å². The average molecular weight is 498 g/mol. The summed E-state index contributed by atoms with van der Waals surface area (Å²) >= 11 is 1.51.